The van der Waals surface area contributed by atoms with Crippen LogP contribution in [0.15, 0.2) is 6.20 Å². The van der Waals surface area contributed by atoms with Crippen molar-refractivity contribution in [2.75, 3.05) is 13.7 Å². The number of fused-ring (bicyclic) bond motifs is 2. The fourth-order valence-electron chi connectivity index (χ4n) is 4.20. The lowest BCUT2D eigenvalue weighted by Gasteiger charge is -2.25. The van der Waals surface area contributed by atoms with Gasteiger partial charge in [-0.2, -0.15) is 5.10 Å². The normalized spacial score (nSPS) is 30.1. The molecule has 2 aliphatic carbocycles. The number of rotatable bonds is 6. The van der Waals surface area contributed by atoms with Crippen molar-refractivity contribution < 1.29 is 4.74 Å². The molecular formula is C15H24ClN3O. The van der Waals surface area contributed by atoms with Gasteiger partial charge in [-0.1, -0.05) is 18.0 Å². The molecule has 0 aromatic carbocycles. The quantitative estimate of drug-likeness (QED) is 0.878. The molecule has 0 radical (unpaired) electrons. The molecule has 0 aliphatic heterocycles. The van der Waals surface area contributed by atoms with Crippen LogP contribution in [0.2, 0.25) is 5.02 Å². The van der Waals surface area contributed by atoms with Gasteiger partial charge in [-0.25, -0.2) is 0 Å². The highest BCUT2D eigenvalue weighted by molar-refractivity contribution is 6.31. The van der Waals surface area contributed by atoms with Gasteiger partial charge in [0, 0.05) is 13.2 Å². The van der Waals surface area contributed by atoms with E-state index in [1.165, 1.54) is 25.7 Å². The van der Waals surface area contributed by atoms with Crippen molar-refractivity contribution in [1.82, 2.24) is 9.78 Å². The van der Waals surface area contributed by atoms with E-state index in [2.05, 4.69) is 5.10 Å². The van der Waals surface area contributed by atoms with Crippen LogP contribution in [0.3, 0.4) is 0 Å². The Hall–Kier alpha value is -0.580. The molecule has 4 nitrogen and oxygen atoms in total. The Morgan fingerprint density at radius 1 is 1.50 bits per heavy atom. The highest BCUT2D eigenvalue weighted by Crippen LogP contribution is 2.50. The molecule has 2 saturated carbocycles. The summed E-state index contributed by atoms with van der Waals surface area (Å²) in [4.78, 5) is 0. The monoisotopic (exact) mass is 297 g/mol. The number of hydrogen-bond acceptors (Lipinski definition) is 3. The van der Waals surface area contributed by atoms with E-state index in [1.54, 1.807) is 13.3 Å². The smallest absolute Gasteiger partial charge is 0.0834 e. The number of nitrogens with zero attached hydrogens (tertiary/aromatic N) is 2. The molecule has 1 heterocycles. The summed E-state index contributed by atoms with van der Waals surface area (Å²) >= 11 is 6.28. The summed E-state index contributed by atoms with van der Waals surface area (Å²) in [5.74, 6) is 2.65. The molecule has 2 N–H and O–H groups in total. The van der Waals surface area contributed by atoms with Gasteiger partial charge < -0.3 is 10.5 Å². The van der Waals surface area contributed by atoms with Crippen LogP contribution < -0.4 is 5.73 Å². The van der Waals surface area contributed by atoms with E-state index in [1.807, 2.05) is 4.68 Å². The zero-order chi connectivity index (χ0) is 14.1. The van der Waals surface area contributed by atoms with Crippen LogP contribution in [0.1, 0.15) is 43.8 Å². The molecule has 2 bridgehead atoms. The van der Waals surface area contributed by atoms with Crippen molar-refractivity contribution in [2.24, 2.45) is 23.5 Å². The maximum absolute atomic E-state index is 6.44. The predicted molar refractivity (Wildman–Crippen MR) is 79.6 cm³/mol. The zero-order valence-corrected chi connectivity index (χ0v) is 12.9. The molecule has 1 aromatic rings. The van der Waals surface area contributed by atoms with Gasteiger partial charge in [0.1, 0.15) is 0 Å². The predicted octanol–water partition coefficient (Wildman–Crippen LogP) is 3.01. The van der Waals surface area contributed by atoms with Crippen LogP contribution in [0.5, 0.6) is 0 Å². The van der Waals surface area contributed by atoms with Gasteiger partial charge in [0.05, 0.1) is 30.1 Å². The third-order valence-corrected chi connectivity index (χ3v) is 5.42. The van der Waals surface area contributed by atoms with E-state index in [-0.39, 0.29) is 6.04 Å². The second kappa shape index (κ2) is 6.04. The van der Waals surface area contributed by atoms with Gasteiger partial charge in [-0.05, 0) is 43.4 Å². The molecule has 0 spiro atoms. The first-order valence-corrected chi connectivity index (χ1v) is 8.02. The Morgan fingerprint density at radius 2 is 2.35 bits per heavy atom. The van der Waals surface area contributed by atoms with Crippen molar-refractivity contribution in [1.29, 1.82) is 0 Å². The topological polar surface area (TPSA) is 53.1 Å². The Morgan fingerprint density at radius 3 is 3.00 bits per heavy atom. The summed E-state index contributed by atoms with van der Waals surface area (Å²) in [5, 5.41) is 5.01. The molecule has 20 heavy (non-hydrogen) atoms. The molecule has 4 atom stereocenters. The fraction of sp³-hybridized carbons (Fsp3) is 0.800. The largest absolute Gasteiger partial charge is 0.383 e. The Kier molecular flexibility index (Phi) is 4.34. The average molecular weight is 298 g/mol. The molecule has 0 amide bonds. The summed E-state index contributed by atoms with van der Waals surface area (Å²) in [6.07, 6.45) is 8.37. The van der Waals surface area contributed by atoms with Crippen molar-refractivity contribution in [2.45, 2.75) is 44.7 Å². The minimum absolute atomic E-state index is 0.00814. The Labute approximate surface area is 125 Å². The number of methoxy groups -OCH3 is 1. The van der Waals surface area contributed by atoms with Gasteiger partial charge >= 0.3 is 0 Å². The van der Waals surface area contributed by atoms with Crippen LogP contribution >= 0.6 is 11.6 Å². The van der Waals surface area contributed by atoms with Crippen molar-refractivity contribution in [3.63, 3.8) is 0 Å². The van der Waals surface area contributed by atoms with E-state index in [4.69, 9.17) is 22.1 Å². The minimum atomic E-state index is -0.00814. The van der Waals surface area contributed by atoms with E-state index >= 15 is 0 Å². The molecule has 112 valence electrons. The SMILES string of the molecule is COCCn1ncc(Cl)c1C(N)CC1CC2CCC1C2. The van der Waals surface area contributed by atoms with Crippen LogP contribution in [-0.4, -0.2) is 23.5 Å². The van der Waals surface area contributed by atoms with E-state index in [9.17, 15) is 0 Å². The van der Waals surface area contributed by atoms with Crippen LogP contribution in [-0.2, 0) is 11.3 Å². The van der Waals surface area contributed by atoms with Gasteiger partial charge in [0.2, 0.25) is 0 Å². The summed E-state index contributed by atoms with van der Waals surface area (Å²) < 4.78 is 7.03. The highest BCUT2D eigenvalue weighted by Gasteiger charge is 2.40. The molecular weight excluding hydrogens is 274 g/mol. The van der Waals surface area contributed by atoms with Gasteiger partial charge in [0.25, 0.3) is 0 Å². The van der Waals surface area contributed by atoms with Crippen molar-refractivity contribution in [3.05, 3.63) is 16.9 Å². The summed E-state index contributed by atoms with van der Waals surface area (Å²) in [6.45, 7) is 1.34. The zero-order valence-electron chi connectivity index (χ0n) is 12.1. The number of aromatic nitrogens is 2. The van der Waals surface area contributed by atoms with Crippen molar-refractivity contribution in [3.8, 4) is 0 Å². The van der Waals surface area contributed by atoms with E-state index in [0.29, 0.717) is 18.2 Å². The maximum Gasteiger partial charge on any atom is 0.0834 e. The van der Waals surface area contributed by atoms with Gasteiger partial charge in [-0.15, -0.1) is 0 Å². The van der Waals surface area contributed by atoms with E-state index < -0.39 is 0 Å². The van der Waals surface area contributed by atoms with Gasteiger partial charge in [0.15, 0.2) is 0 Å². The third-order valence-electron chi connectivity index (χ3n) is 5.13. The Balaban J connectivity index is 1.67. The van der Waals surface area contributed by atoms with Crippen LogP contribution in [0, 0.1) is 17.8 Å². The lowest BCUT2D eigenvalue weighted by molar-refractivity contribution is 0.181. The minimum Gasteiger partial charge on any atom is -0.383 e. The molecule has 2 fully saturated rings. The van der Waals surface area contributed by atoms with Crippen LogP contribution in [0.25, 0.3) is 0 Å². The summed E-state index contributed by atoms with van der Waals surface area (Å²) in [6, 6.07) is -0.00814. The van der Waals surface area contributed by atoms with Gasteiger partial charge in [-0.3, -0.25) is 4.68 Å². The molecule has 2 aliphatic rings. The molecule has 0 saturated heterocycles. The lowest BCUT2D eigenvalue weighted by atomic mass is 9.84. The first kappa shape index (κ1) is 14.4. The maximum atomic E-state index is 6.44. The first-order valence-electron chi connectivity index (χ1n) is 7.64. The van der Waals surface area contributed by atoms with Crippen LogP contribution in [0.4, 0.5) is 0 Å². The average Bonchev–Trinajstić information content (AvgIpc) is 3.11. The molecule has 4 unspecified atom stereocenters. The van der Waals surface area contributed by atoms with Crippen molar-refractivity contribution >= 4 is 11.6 Å². The third kappa shape index (κ3) is 2.74. The highest BCUT2D eigenvalue weighted by atomic mass is 35.5. The fourth-order valence-corrected chi connectivity index (χ4v) is 4.48. The second-order valence-corrected chi connectivity index (χ2v) is 6.78. The van der Waals surface area contributed by atoms with E-state index in [0.717, 1.165) is 29.9 Å². The summed E-state index contributed by atoms with van der Waals surface area (Å²) in [7, 11) is 1.69. The molecule has 1 aromatic heterocycles. The summed E-state index contributed by atoms with van der Waals surface area (Å²) in [5.41, 5.74) is 7.42. The number of ether oxygens (including phenoxy) is 1. The number of nitrogens with two attached hydrogens (primary N) is 1. The number of halogens is 1. The standard InChI is InChI=1S/C15H24ClN3O/c1-20-5-4-19-15(13(16)9-18-19)14(17)8-12-7-10-2-3-11(12)6-10/h9-12,14H,2-8,17H2,1H3. The second-order valence-electron chi connectivity index (χ2n) is 6.37. The molecule has 5 heteroatoms. The number of hydrogen-bond donors (Lipinski definition) is 1. The lowest BCUT2D eigenvalue weighted by Crippen LogP contribution is -2.23. The Bertz CT molecular complexity index is 462. The molecule has 3 rings (SSSR count). The first-order chi connectivity index (χ1) is 9.69.